The summed E-state index contributed by atoms with van der Waals surface area (Å²) in [6, 6.07) is 25.3. The van der Waals surface area contributed by atoms with Crippen molar-refractivity contribution < 1.29 is 33.9 Å². The van der Waals surface area contributed by atoms with Gasteiger partial charge >= 0.3 is 12.1 Å². The van der Waals surface area contributed by atoms with Crippen LogP contribution in [0.15, 0.2) is 97.1 Å². The lowest BCUT2D eigenvalue weighted by Gasteiger charge is -2.23. The molecule has 4 aromatic carbocycles. The summed E-state index contributed by atoms with van der Waals surface area (Å²) < 4.78 is 10.6. The van der Waals surface area contributed by atoms with Gasteiger partial charge in [-0.15, -0.1) is 0 Å². The number of benzene rings is 4. The first-order valence-corrected chi connectivity index (χ1v) is 14.2. The third-order valence-electron chi connectivity index (χ3n) is 7.72. The predicted molar refractivity (Wildman–Crippen MR) is 165 cm³/mol. The SMILES string of the molecule is COC(=O)C(Cc1ccc([N+](=O)[O-])cc1)NC(=O)C(Cc1ccc(O)cc1)NC(=O)OCC1c2ccccc2-c2ccccc21. The lowest BCUT2D eigenvalue weighted by atomic mass is 9.98. The van der Waals surface area contributed by atoms with Crippen LogP contribution in [0.4, 0.5) is 10.5 Å². The highest BCUT2D eigenvalue weighted by Gasteiger charge is 2.31. The van der Waals surface area contributed by atoms with E-state index in [0.717, 1.165) is 22.3 Å². The van der Waals surface area contributed by atoms with E-state index < -0.39 is 35.0 Å². The number of rotatable bonds is 11. The molecule has 11 heteroatoms. The molecular formula is C34H31N3O8. The minimum Gasteiger partial charge on any atom is -0.508 e. The van der Waals surface area contributed by atoms with Gasteiger partial charge in [0.2, 0.25) is 5.91 Å². The van der Waals surface area contributed by atoms with Crippen molar-refractivity contribution in [3.05, 3.63) is 129 Å². The fourth-order valence-electron chi connectivity index (χ4n) is 5.46. The van der Waals surface area contributed by atoms with Crippen molar-refractivity contribution >= 4 is 23.7 Å². The number of carbonyl (C=O) groups is 3. The number of aromatic hydroxyl groups is 1. The van der Waals surface area contributed by atoms with Crippen LogP contribution in [0.1, 0.15) is 28.2 Å². The average Bonchev–Trinajstić information content (AvgIpc) is 3.37. The zero-order valence-electron chi connectivity index (χ0n) is 24.3. The summed E-state index contributed by atoms with van der Waals surface area (Å²) in [6.07, 6.45) is -0.796. The minimum atomic E-state index is -1.16. The summed E-state index contributed by atoms with van der Waals surface area (Å²) in [5.74, 6) is -1.55. The number of esters is 1. The maximum Gasteiger partial charge on any atom is 0.407 e. The topological polar surface area (TPSA) is 157 Å². The third kappa shape index (κ3) is 7.27. The summed E-state index contributed by atoms with van der Waals surface area (Å²) in [4.78, 5) is 49.8. The van der Waals surface area contributed by atoms with Gasteiger partial charge in [-0.1, -0.05) is 72.8 Å². The number of phenolic OH excluding ortho intramolecular Hbond substituents is 1. The molecule has 0 saturated carbocycles. The molecule has 2 atom stereocenters. The molecule has 5 rings (SSSR count). The van der Waals surface area contributed by atoms with Crippen molar-refractivity contribution in [1.82, 2.24) is 10.6 Å². The lowest BCUT2D eigenvalue weighted by molar-refractivity contribution is -0.384. The monoisotopic (exact) mass is 609 g/mol. The molecule has 11 nitrogen and oxygen atoms in total. The molecule has 2 unspecified atom stereocenters. The highest BCUT2D eigenvalue weighted by Crippen LogP contribution is 2.44. The fraction of sp³-hybridized carbons (Fsp3) is 0.206. The quantitative estimate of drug-likeness (QED) is 0.126. The number of alkyl carbamates (subject to hydrolysis) is 1. The number of nitrogens with zero attached hydrogens (tertiary/aromatic N) is 1. The summed E-state index contributed by atoms with van der Waals surface area (Å²) >= 11 is 0. The number of nitrogens with one attached hydrogen (secondary N) is 2. The van der Waals surface area contributed by atoms with Crippen molar-refractivity contribution in [3.63, 3.8) is 0 Å². The molecule has 0 fully saturated rings. The van der Waals surface area contributed by atoms with Gasteiger partial charge in [-0.05, 0) is 45.5 Å². The molecule has 0 bridgehead atoms. The molecule has 45 heavy (non-hydrogen) atoms. The summed E-state index contributed by atoms with van der Waals surface area (Å²) in [7, 11) is 1.18. The Balaban J connectivity index is 1.31. The Morgan fingerprint density at radius 1 is 0.800 bits per heavy atom. The van der Waals surface area contributed by atoms with Crippen molar-refractivity contribution in [1.29, 1.82) is 0 Å². The molecular weight excluding hydrogens is 578 g/mol. The molecule has 0 saturated heterocycles. The van der Waals surface area contributed by atoms with Gasteiger partial charge in [0.25, 0.3) is 5.69 Å². The predicted octanol–water partition coefficient (Wildman–Crippen LogP) is 4.65. The Morgan fingerprint density at radius 2 is 1.33 bits per heavy atom. The van der Waals surface area contributed by atoms with Gasteiger partial charge < -0.3 is 25.2 Å². The normalized spacial score (nSPS) is 13.1. The molecule has 0 spiro atoms. The zero-order valence-corrected chi connectivity index (χ0v) is 24.3. The van der Waals surface area contributed by atoms with E-state index in [9.17, 15) is 29.6 Å². The maximum absolute atomic E-state index is 13.6. The Hall–Kier alpha value is -5.71. The van der Waals surface area contributed by atoms with Gasteiger partial charge in [-0.25, -0.2) is 9.59 Å². The minimum absolute atomic E-state index is 0.00667. The number of carbonyl (C=O) groups excluding carboxylic acids is 3. The van der Waals surface area contributed by atoms with Gasteiger partial charge in [0.05, 0.1) is 12.0 Å². The smallest absolute Gasteiger partial charge is 0.407 e. The van der Waals surface area contributed by atoms with Crippen LogP contribution < -0.4 is 10.6 Å². The number of nitro groups is 1. The van der Waals surface area contributed by atoms with Crippen molar-refractivity contribution in [2.24, 2.45) is 0 Å². The van der Waals surface area contributed by atoms with E-state index in [1.807, 2.05) is 48.5 Å². The van der Waals surface area contributed by atoms with E-state index in [0.29, 0.717) is 11.1 Å². The van der Waals surface area contributed by atoms with Crippen molar-refractivity contribution in [2.45, 2.75) is 30.8 Å². The van der Waals surface area contributed by atoms with E-state index in [-0.39, 0.29) is 36.8 Å². The number of hydrogen-bond donors (Lipinski definition) is 3. The molecule has 1 aliphatic rings. The molecule has 2 amide bonds. The number of methoxy groups -OCH3 is 1. The molecule has 3 N–H and O–H groups in total. The second-order valence-corrected chi connectivity index (χ2v) is 10.6. The van der Waals surface area contributed by atoms with Crippen LogP contribution in [0.3, 0.4) is 0 Å². The molecule has 0 aliphatic heterocycles. The van der Waals surface area contributed by atoms with Crippen LogP contribution in [0.5, 0.6) is 5.75 Å². The number of non-ortho nitro benzene ring substituents is 1. The van der Waals surface area contributed by atoms with E-state index in [1.165, 1.54) is 43.5 Å². The highest BCUT2D eigenvalue weighted by atomic mass is 16.6. The second-order valence-electron chi connectivity index (χ2n) is 10.6. The Bertz CT molecular complexity index is 1660. The third-order valence-corrected chi connectivity index (χ3v) is 7.72. The van der Waals surface area contributed by atoms with Crippen LogP contribution in [0, 0.1) is 10.1 Å². The molecule has 1 aliphatic carbocycles. The molecule has 4 aromatic rings. The van der Waals surface area contributed by atoms with Crippen LogP contribution in [0.2, 0.25) is 0 Å². The zero-order chi connectivity index (χ0) is 31.9. The lowest BCUT2D eigenvalue weighted by Crippen LogP contribution is -2.53. The Labute approximate surface area is 259 Å². The standard InChI is InChI=1S/C34H31N3O8/c1-44-33(40)31(19-21-10-14-23(15-11-21)37(42)43)35-32(39)30(18-22-12-16-24(38)17-13-22)36-34(41)45-20-29-27-8-4-2-6-25(27)26-7-3-5-9-28(26)29/h2-17,29-31,38H,18-20H2,1H3,(H,35,39)(H,36,41). The van der Waals surface area contributed by atoms with Gasteiger partial charge in [0.15, 0.2) is 0 Å². The number of hydrogen-bond acceptors (Lipinski definition) is 8. The summed E-state index contributed by atoms with van der Waals surface area (Å²) in [5, 5.41) is 26.0. The number of fused-ring (bicyclic) bond motifs is 3. The van der Waals surface area contributed by atoms with Crippen LogP contribution in [-0.4, -0.2) is 53.8 Å². The number of ether oxygens (including phenoxy) is 2. The largest absolute Gasteiger partial charge is 0.508 e. The molecule has 0 heterocycles. The second kappa shape index (κ2) is 13.7. The van der Waals surface area contributed by atoms with E-state index in [4.69, 9.17) is 9.47 Å². The van der Waals surface area contributed by atoms with Crippen LogP contribution in [0.25, 0.3) is 11.1 Å². The summed E-state index contributed by atoms with van der Waals surface area (Å²) in [6.45, 7) is 0.0400. The van der Waals surface area contributed by atoms with Crippen LogP contribution >= 0.6 is 0 Å². The molecule has 230 valence electrons. The number of amides is 2. The Kier molecular flexibility index (Phi) is 9.37. The number of phenols is 1. The van der Waals surface area contributed by atoms with Gasteiger partial charge in [0, 0.05) is 30.9 Å². The highest BCUT2D eigenvalue weighted by molar-refractivity contribution is 5.90. The van der Waals surface area contributed by atoms with Crippen molar-refractivity contribution in [3.8, 4) is 16.9 Å². The average molecular weight is 610 g/mol. The van der Waals surface area contributed by atoms with Crippen LogP contribution in [-0.2, 0) is 31.9 Å². The first-order valence-electron chi connectivity index (χ1n) is 14.2. The van der Waals surface area contributed by atoms with Crippen molar-refractivity contribution in [2.75, 3.05) is 13.7 Å². The maximum atomic E-state index is 13.6. The first-order chi connectivity index (χ1) is 21.7. The number of nitro benzene ring substituents is 1. The Morgan fingerprint density at radius 3 is 1.89 bits per heavy atom. The van der Waals surface area contributed by atoms with E-state index in [2.05, 4.69) is 10.6 Å². The van der Waals surface area contributed by atoms with E-state index >= 15 is 0 Å². The first kappa shape index (κ1) is 30.7. The fourth-order valence-corrected chi connectivity index (χ4v) is 5.46. The van der Waals surface area contributed by atoms with E-state index in [1.54, 1.807) is 12.1 Å². The molecule has 0 radical (unpaired) electrons. The van der Waals surface area contributed by atoms with Gasteiger partial charge in [-0.3, -0.25) is 14.9 Å². The van der Waals surface area contributed by atoms with Gasteiger partial charge in [0.1, 0.15) is 24.4 Å². The van der Waals surface area contributed by atoms with Gasteiger partial charge in [-0.2, -0.15) is 0 Å². The summed E-state index contributed by atoms with van der Waals surface area (Å²) in [5.41, 5.74) is 5.31. The molecule has 0 aromatic heterocycles.